The molecular weight excluding hydrogens is 140 g/mol. The lowest BCUT2D eigenvalue weighted by Crippen LogP contribution is -1.91. The Kier molecular flexibility index (Phi) is 1.03. The van der Waals surface area contributed by atoms with E-state index in [-0.39, 0.29) is 0 Å². The van der Waals surface area contributed by atoms with Crippen molar-refractivity contribution in [1.82, 2.24) is 9.61 Å². The summed E-state index contributed by atoms with van der Waals surface area (Å²) >= 11 is 0. The number of anilines is 2. The molecule has 56 valence electrons. The van der Waals surface area contributed by atoms with Crippen LogP contribution < -0.4 is 11.5 Å². The number of hydrogen-bond donors (Lipinski definition) is 2. The van der Waals surface area contributed by atoms with Crippen molar-refractivity contribution in [2.45, 2.75) is 0 Å². The number of nitrogens with zero attached hydrogens (tertiary/aromatic N) is 2. The molecule has 0 aliphatic heterocycles. The summed E-state index contributed by atoms with van der Waals surface area (Å²) in [6.07, 6.45) is 3.33. The molecule has 4 N–H and O–H groups in total. The molecule has 0 saturated heterocycles. The number of aromatic nitrogens is 2. The Morgan fingerprint density at radius 2 is 2.09 bits per heavy atom. The first-order chi connectivity index (χ1) is 5.27. The van der Waals surface area contributed by atoms with Gasteiger partial charge in [-0.2, -0.15) is 5.10 Å². The van der Waals surface area contributed by atoms with Crippen LogP contribution in [0.25, 0.3) is 5.52 Å². The molecule has 0 radical (unpaired) electrons. The maximum Gasteiger partial charge on any atom is 0.0893 e. The molecule has 2 aromatic heterocycles. The van der Waals surface area contributed by atoms with E-state index in [1.165, 1.54) is 0 Å². The lowest BCUT2D eigenvalue weighted by molar-refractivity contribution is 0.963. The van der Waals surface area contributed by atoms with Crippen LogP contribution >= 0.6 is 0 Å². The Morgan fingerprint density at radius 3 is 2.91 bits per heavy atom. The summed E-state index contributed by atoms with van der Waals surface area (Å²) in [5, 5.41) is 3.99. The van der Waals surface area contributed by atoms with Gasteiger partial charge in [0.15, 0.2) is 0 Å². The maximum atomic E-state index is 5.60. The van der Waals surface area contributed by atoms with Crippen LogP contribution in [-0.4, -0.2) is 9.61 Å². The highest BCUT2D eigenvalue weighted by atomic mass is 15.2. The van der Waals surface area contributed by atoms with Gasteiger partial charge < -0.3 is 11.5 Å². The van der Waals surface area contributed by atoms with Gasteiger partial charge in [-0.15, -0.1) is 0 Å². The van der Waals surface area contributed by atoms with Crippen molar-refractivity contribution >= 4 is 16.9 Å². The Hall–Kier alpha value is -1.71. The van der Waals surface area contributed by atoms with Crippen molar-refractivity contribution in [1.29, 1.82) is 0 Å². The molecule has 0 fully saturated rings. The third-order valence-corrected chi connectivity index (χ3v) is 1.57. The Balaban J connectivity index is 2.86. The van der Waals surface area contributed by atoms with Crippen LogP contribution in [0.2, 0.25) is 0 Å². The van der Waals surface area contributed by atoms with E-state index >= 15 is 0 Å². The van der Waals surface area contributed by atoms with E-state index in [0.717, 1.165) is 5.52 Å². The number of nitrogen functional groups attached to an aromatic ring is 2. The Morgan fingerprint density at radius 1 is 1.27 bits per heavy atom. The van der Waals surface area contributed by atoms with E-state index in [1.807, 2.05) is 6.07 Å². The van der Waals surface area contributed by atoms with E-state index in [1.54, 1.807) is 23.0 Å². The summed E-state index contributed by atoms with van der Waals surface area (Å²) in [5.74, 6) is 0. The van der Waals surface area contributed by atoms with Gasteiger partial charge in [0.05, 0.1) is 29.3 Å². The lowest BCUT2D eigenvalue weighted by Gasteiger charge is -1.94. The summed E-state index contributed by atoms with van der Waals surface area (Å²) in [6.45, 7) is 0. The molecule has 11 heavy (non-hydrogen) atoms. The van der Waals surface area contributed by atoms with E-state index in [4.69, 9.17) is 11.5 Å². The van der Waals surface area contributed by atoms with E-state index in [2.05, 4.69) is 5.10 Å². The zero-order valence-corrected chi connectivity index (χ0v) is 5.86. The van der Waals surface area contributed by atoms with Gasteiger partial charge in [0.1, 0.15) is 0 Å². The molecule has 4 nitrogen and oxygen atoms in total. The van der Waals surface area contributed by atoms with Gasteiger partial charge in [-0.3, -0.25) is 0 Å². The second-order valence-electron chi connectivity index (χ2n) is 2.39. The van der Waals surface area contributed by atoms with Crippen LogP contribution in [0.3, 0.4) is 0 Å². The van der Waals surface area contributed by atoms with Gasteiger partial charge in [-0.1, -0.05) is 0 Å². The molecule has 0 spiro atoms. The minimum absolute atomic E-state index is 0.671. The molecule has 0 aliphatic rings. The second-order valence-corrected chi connectivity index (χ2v) is 2.39. The highest BCUT2D eigenvalue weighted by Crippen LogP contribution is 2.13. The molecule has 0 saturated carbocycles. The molecule has 0 aromatic carbocycles. The highest BCUT2D eigenvalue weighted by molar-refractivity contribution is 5.69. The minimum Gasteiger partial charge on any atom is -0.397 e. The van der Waals surface area contributed by atoms with Crippen molar-refractivity contribution in [3.63, 3.8) is 0 Å². The van der Waals surface area contributed by atoms with Gasteiger partial charge in [0, 0.05) is 0 Å². The van der Waals surface area contributed by atoms with Crippen LogP contribution in [0.5, 0.6) is 0 Å². The number of rotatable bonds is 0. The van der Waals surface area contributed by atoms with Crippen LogP contribution in [-0.2, 0) is 0 Å². The molecule has 0 amide bonds. The molecule has 2 heterocycles. The lowest BCUT2D eigenvalue weighted by atomic mass is 10.3. The highest BCUT2D eigenvalue weighted by Gasteiger charge is 1.97. The normalized spacial score (nSPS) is 10.5. The van der Waals surface area contributed by atoms with Gasteiger partial charge in [0.2, 0.25) is 0 Å². The zero-order valence-electron chi connectivity index (χ0n) is 5.86. The molecule has 2 aromatic rings. The fourth-order valence-corrected chi connectivity index (χ4v) is 1.02. The SMILES string of the molecule is Nc1ccc2c(N)cnn2c1. The van der Waals surface area contributed by atoms with Gasteiger partial charge in [-0.05, 0) is 12.1 Å². The molecule has 4 heteroatoms. The van der Waals surface area contributed by atoms with Gasteiger partial charge >= 0.3 is 0 Å². The second kappa shape index (κ2) is 1.88. The molecule has 0 atom stereocenters. The predicted molar refractivity (Wildman–Crippen MR) is 44.0 cm³/mol. The maximum absolute atomic E-state index is 5.60. The number of pyridine rings is 1. The first-order valence-electron chi connectivity index (χ1n) is 3.26. The van der Waals surface area contributed by atoms with Crippen molar-refractivity contribution in [3.05, 3.63) is 24.5 Å². The van der Waals surface area contributed by atoms with E-state index in [9.17, 15) is 0 Å². The minimum atomic E-state index is 0.671. The van der Waals surface area contributed by atoms with Crippen LogP contribution in [0.1, 0.15) is 0 Å². The first kappa shape index (κ1) is 6.03. The third kappa shape index (κ3) is 0.797. The van der Waals surface area contributed by atoms with Gasteiger partial charge in [0.25, 0.3) is 0 Å². The quantitative estimate of drug-likeness (QED) is 0.571. The standard InChI is InChI=1S/C7H8N4/c8-5-1-2-7-6(9)3-10-11(7)4-5/h1-4H,8-9H2. The van der Waals surface area contributed by atoms with Gasteiger partial charge in [-0.25, -0.2) is 4.52 Å². The smallest absolute Gasteiger partial charge is 0.0893 e. The monoisotopic (exact) mass is 148 g/mol. The van der Waals surface area contributed by atoms with Crippen molar-refractivity contribution in [2.24, 2.45) is 0 Å². The van der Waals surface area contributed by atoms with Crippen molar-refractivity contribution in [3.8, 4) is 0 Å². The fraction of sp³-hybridized carbons (Fsp3) is 0. The summed E-state index contributed by atoms with van der Waals surface area (Å²) in [5.41, 5.74) is 13.4. The average molecular weight is 148 g/mol. The van der Waals surface area contributed by atoms with Crippen molar-refractivity contribution < 1.29 is 0 Å². The summed E-state index contributed by atoms with van der Waals surface area (Å²) < 4.78 is 1.66. The zero-order chi connectivity index (χ0) is 7.84. The van der Waals surface area contributed by atoms with E-state index < -0.39 is 0 Å². The van der Waals surface area contributed by atoms with Crippen LogP contribution in [0.15, 0.2) is 24.5 Å². The van der Waals surface area contributed by atoms with Crippen LogP contribution in [0.4, 0.5) is 11.4 Å². The van der Waals surface area contributed by atoms with Crippen molar-refractivity contribution in [2.75, 3.05) is 11.5 Å². The number of fused-ring (bicyclic) bond motifs is 1. The first-order valence-corrected chi connectivity index (χ1v) is 3.26. The number of hydrogen-bond acceptors (Lipinski definition) is 3. The summed E-state index contributed by atoms with van der Waals surface area (Å²) in [4.78, 5) is 0. The topological polar surface area (TPSA) is 69.3 Å². The Labute approximate surface area is 63.4 Å². The van der Waals surface area contributed by atoms with Crippen LogP contribution in [0, 0.1) is 0 Å². The molecule has 0 unspecified atom stereocenters. The number of nitrogens with two attached hydrogens (primary N) is 2. The van der Waals surface area contributed by atoms with E-state index in [0.29, 0.717) is 11.4 Å². The third-order valence-electron chi connectivity index (χ3n) is 1.57. The molecule has 0 aliphatic carbocycles. The fourth-order valence-electron chi connectivity index (χ4n) is 1.02. The summed E-state index contributed by atoms with van der Waals surface area (Å²) in [7, 11) is 0. The molecule has 0 bridgehead atoms. The average Bonchev–Trinajstić information content (AvgIpc) is 2.32. The Bertz CT molecular complexity index is 390. The predicted octanol–water partition coefficient (Wildman–Crippen LogP) is 0.499. The molecule has 2 rings (SSSR count). The summed E-state index contributed by atoms with van der Waals surface area (Å²) in [6, 6.07) is 3.64. The molecular formula is C7H8N4. The largest absolute Gasteiger partial charge is 0.397 e.